The molecule has 0 bridgehead atoms. The summed E-state index contributed by atoms with van der Waals surface area (Å²) in [6.45, 7) is 0.609. The minimum atomic E-state index is -0.00216. The maximum atomic E-state index is 12.5. The smallest absolute Gasteiger partial charge is 0.227 e. The van der Waals surface area contributed by atoms with Gasteiger partial charge in [0.05, 0.1) is 6.33 Å². The van der Waals surface area contributed by atoms with E-state index in [2.05, 4.69) is 35.1 Å². The van der Waals surface area contributed by atoms with E-state index in [-0.39, 0.29) is 17.9 Å². The van der Waals surface area contributed by atoms with E-state index in [1.807, 2.05) is 48.7 Å². The number of carbonyl (C=O) groups excluding carboxylic acids is 1. The van der Waals surface area contributed by atoms with Gasteiger partial charge in [-0.1, -0.05) is 24.3 Å². The highest BCUT2D eigenvalue weighted by Gasteiger charge is 2.36. The van der Waals surface area contributed by atoms with E-state index in [1.165, 1.54) is 0 Å². The monoisotopic (exact) mass is 399 g/mol. The fraction of sp³-hybridized carbons (Fsp3) is 0.227. The Bertz CT molecular complexity index is 1150. The third-order valence-electron chi connectivity index (χ3n) is 5.46. The van der Waals surface area contributed by atoms with Crippen molar-refractivity contribution in [3.05, 3.63) is 73.1 Å². The summed E-state index contributed by atoms with van der Waals surface area (Å²) in [7, 11) is 0. The van der Waals surface area contributed by atoms with Crippen molar-refractivity contribution in [3.8, 4) is 0 Å². The molecule has 3 heterocycles. The molecule has 0 aliphatic heterocycles. The Morgan fingerprint density at radius 1 is 1.07 bits per heavy atom. The van der Waals surface area contributed by atoms with Crippen molar-refractivity contribution in [2.45, 2.75) is 25.4 Å². The third kappa shape index (κ3) is 3.59. The van der Waals surface area contributed by atoms with Gasteiger partial charge in [0.15, 0.2) is 11.5 Å². The summed E-state index contributed by atoms with van der Waals surface area (Å²) >= 11 is 0. The van der Waals surface area contributed by atoms with Crippen molar-refractivity contribution in [2.75, 3.05) is 10.6 Å². The topological polar surface area (TPSA) is 97.6 Å². The fourth-order valence-electron chi connectivity index (χ4n) is 3.73. The lowest BCUT2D eigenvalue weighted by Gasteiger charge is -2.35. The number of anilines is 2. The van der Waals surface area contributed by atoms with Crippen molar-refractivity contribution in [1.29, 1.82) is 0 Å². The molecule has 3 aromatic heterocycles. The second kappa shape index (κ2) is 7.90. The normalized spacial score (nSPS) is 18.0. The Morgan fingerprint density at radius 3 is 2.73 bits per heavy atom. The minimum Gasteiger partial charge on any atom is -0.364 e. The molecule has 8 heteroatoms. The zero-order valence-electron chi connectivity index (χ0n) is 16.3. The number of imidazole rings is 1. The predicted molar refractivity (Wildman–Crippen MR) is 114 cm³/mol. The molecule has 150 valence electrons. The largest absolute Gasteiger partial charge is 0.364 e. The Morgan fingerprint density at radius 2 is 1.93 bits per heavy atom. The first-order chi connectivity index (χ1) is 14.8. The molecule has 8 nitrogen and oxygen atoms in total. The van der Waals surface area contributed by atoms with E-state index in [9.17, 15) is 4.79 Å². The number of nitrogens with zero attached hydrogens (tertiary/aromatic N) is 5. The van der Waals surface area contributed by atoms with Gasteiger partial charge in [0.1, 0.15) is 11.8 Å². The second-order valence-electron chi connectivity index (χ2n) is 7.44. The van der Waals surface area contributed by atoms with Crippen LogP contribution in [-0.2, 0) is 11.3 Å². The number of aromatic nitrogens is 5. The lowest BCUT2D eigenvalue weighted by molar-refractivity contribution is -0.123. The van der Waals surface area contributed by atoms with Gasteiger partial charge in [-0.05, 0) is 36.6 Å². The van der Waals surface area contributed by atoms with Crippen molar-refractivity contribution in [1.82, 2.24) is 24.5 Å². The number of hydrogen-bond acceptors (Lipinski definition) is 6. The molecule has 5 rings (SSSR count). The Hall–Kier alpha value is -3.81. The maximum absolute atomic E-state index is 12.5. The van der Waals surface area contributed by atoms with Crippen LogP contribution < -0.4 is 10.6 Å². The molecule has 0 unspecified atom stereocenters. The molecule has 1 saturated carbocycles. The fourth-order valence-corrected chi connectivity index (χ4v) is 3.73. The van der Waals surface area contributed by atoms with E-state index in [0.29, 0.717) is 12.4 Å². The molecule has 1 amide bonds. The van der Waals surface area contributed by atoms with Crippen LogP contribution in [0.2, 0.25) is 0 Å². The number of hydrogen-bond donors (Lipinski definition) is 2. The van der Waals surface area contributed by atoms with Crippen LogP contribution in [0.4, 0.5) is 11.5 Å². The molecule has 2 N–H and O–H groups in total. The highest BCUT2D eigenvalue weighted by atomic mass is 16.1. The summed E-state index contributed by atoms with van der Waals surface area (Å²) in [6, 6.07) is 13.7. The van der Waals surface area contributed by atoms with Crippen LogP contribution in [0.3, 0.4) is 0 Å². The lowest BCUT2D eigenvalue weighted by Crippen LogP contribution is -2.35. The van der Waals surface area contributed by atoms with Crippen LogP contribution >= 0.6 is 0 Å². The molecule has 0 atom stereocenters. The van der Waals surface area contributed by atoms with Crippen LogP contribution in [0.25, 0.3) is 11.2 Å². The van der Waals surface area contributed by atoms with E-state index >= 15 is 0 Å². The van der Waals surface area contributed by atoms with Crippen LogP contribution in [0.15, 0.2) is 67.5 Å². The van der Waals surface area contributed by atoms with Crippen molar-refractivity contribution in [2.24, 2.45) is 5.92 Å². The van der Waals surface area contributed by atoms with E-state index in [4.69, 9.17) is 0 Å². The molecule has 0 saturated heterocycles. The summed E-state index contributed by atoms with van der Waals surface area (Å²) < 4.78 is 2.05. The Labute approximate surface area is 173 Å². The average Bonchev–Trinajstić information content (AvgIpc) is 3.17. The molecule has 1 aliphatic carbocycles. The molecule has 0 radical (unpaired) electrons. The molecular weight excluding hydrogens is 378 g/mol. The molecule has 1 aromatic carbocycles. The first-order valence-electron chi connectivity index (χ1n) is 9.94. The van der Waals surface area contributed by atoms with Crippen molar-refractivity contribution < 1.29 is 4.79 Å². The Balaban J connectivity index is 1.25. The summed E-state index contributed by atoms with van der Waals surface area (Å²) in [5, 5.41) is 6.30. The highest BCUT2D eigenvalue weighted by molar-refractivity contribution is 5.93. The summed E-state index contributed by atoms with van der Waals surface area (Å²) in [5.41, 5.74) is 3.41. The van der Waals surface area contributed by atoms with Crippen LogP contribution in [0.1, 0.15) is 24.4 Å². The van der Waals surface area contributed by atoms with Gasteiger partial charge in [-0.15, -0.1) is 0 Å². The standard InChI is InChI=1S/C22H21N7O/c30-22(28-17-6-2-1-3-7-17)16-9-18(10-16)29-14-27-19-20(25-13-26-21(19)29)24-12-15-5-4-8-23-11-15/h1-8,11,13-14,16,18H,9-10,12H2,(H,28,30)(H,24,25,26). The van der Waals surface area contributed by atoms with Crippen LogP contribution in [0.5, 0.6) is 0 Å². The molecule has 1 aliphatic rings. The van der Waals surface area contributed by atoms with Crippen LogP contribution in [-0.4, -0.2) is 30.4 Å². The van der Waals surface area contributed by atoms with Gasteiger partial charge in [0.25, 0.3) is 0 Å². The maximum Gasteiger partial charge on any atom is 0.227 e. The number of benzene rings is 1. The third-order valence-corrected chi connectivity index (χ3v) is 5.46. The quantitative estimate of drug-likeness (QED) is 0.516. The SMILES string of the molecule is O=C(Nc1ccccc1)C1CC(n2cnc3c(NCc4cccnc4)ncnc32)C1. The number of pyridine rings is 1. The van der Waals surface area contributed by atoms with E-state index in [1.54, 1.807) is 18.9 Å². The molecular formula is C22H21N7O. The van der Waals surface area contributed by atoms with Crippen LogP contribution in [0, 0.1) is 5.92 Å². The van der Waals surface area contributed by atoms with Gasteiger partial charge < -0.3 is 15.2 Å². The van der Waals surface area contributed by atoms with Gasteiger partial charge in [0.2, 0.25) is 5.91 Å². The lowest BCUT2D eigenvalue weighted by atomic mass is 9.79. The van der Waals surface area contributed by atoms with Crippen molar-refractivity contribution >= 4 is 28.6 Å². The zero-order valence-corrected chi connectivity index (χ0v) is 16.3. The summed E-state index contributed by atoms with van der Waals surface area (Å²) in [6.07, 6.45) is 8.45. The summed E-state index contributed by atoms with van der Waals surface area (Å²) in [5.74, 6) is 0.758. The number of carbonyl (C=O) groups is 1. The minimum absolute atomic E-state index is 0.00216. The molecule has 1 fully saturated rings. The first kappa shape index (κ1) is 18.2. The average molecular weight is 399 g/mol. The summed E-state index contributed by atoms with van der Waals surface area (Å²) in [4.78, 5) is 29.9. The van der Waals surface area contributed by atoms with Gasteiger partial charge in [-0.25, -0.2) is 15.0 Å². The van der Waals surface area contributed by atoms with Gasteiger partial charge >= 0.3 is 0 Å². The van der Waals surface area contributed by atoms with Gasteiger partial charge in [-0.2, -0.15) is 0 Å². The van der Waals surface area contributed by atoms with Gasteiger partial charge in [0, 0.05) is 36.6 Å². The predicted octanol–water partition coefficient (Wildman–Crippen LogP) is 3.42. The zero-order chi connectivity index (χ0) is 20.3. The first-order valence-corrected chi connectivity index (χ1v) is 9.94. The van der Waals surface area contributed by atoms with Gasteiger partial charge in [-0.3, -0.25) is 9.78 Å². The Kier molecular flexibility index (Phi) is 4.80. The van der Waals surface area contributed by atoms with E-state index < -0.39 is 0 Å². The molecule has 30 heavy (non-hydrogen) atoms. The van der Waals surface area contributed by atoms with E-state index in [0.717, 1.165) is 35.3 Å². The molecule has 0 spiro atoms. The molecule has 4 aromatic rings. The highest BCUT2D eigenvalue weighted by Crippen LogP contribution is 2.40. The number of nitrogens with one attached hydrogen (secondary N) is 2. The number of para-hydroxylation sites is 1. The number of fused-ring (bicyclic) bond motifs is 1. The second-order valence-corrected chi connectivity index (χ2v) is 7.44. The number of rotatable bonds is 6. The number of amides is 1. The van der Waals surface area contributed by atoms with Crippen molar-refractivity contribution in [3.63, 3.8) is 0 Å².